The number of methoxy groups -OCH3 is 1. The monoisotopic (exact) mass is 361 g/mol. The van der Waals surface area contributed by atoms with Crippen molar-refractivity contribution in [3.05, 3.63) is 82.8 Å². The first-order valence-electron chi connectivity index (χ1n) is 7.28. The van der Waals surface area contributed by atoms with Gasteiger partial charge < -0.3 is 4.74 Å². The number of hydrogen-bond acceptors (Lipinski definition) is 2. The zero-order valence-electron chi connectivity index (χ0n) is 12.8. The average molecular weight is 362 g/mol. The number of nitrogens with zero attached hydrogens (tertiary/aromatic N) is 1. The molecule has 3 rings (SSSR count). The third kappa shape index (κ3) is 3.53. The maximum atomic E-state index is 13.1. The molecule has 0 spiro atoms. The first-order valence-corrected chi connectivity index (χ1v) is 8.09. The van der Waals surface area contributed by atoms with E-state index in [2.05, 4.69) is 4.98 Å². The van der Waals surface area contributed by atoms with E-state index in [1.54, 1.807) is 31.5 Å². The van der Waals surface area contributed by atoms with Gasteiger partial charge in [-0.2, -0.15) is 0 Å². The highest BCUT2D eigenvalue weighted by molar-refractivity contribution is 6.30. The fourth-order valence-corrected chi connectivity index (χ4v) is 2.91. The summed E-state index contributed by atoms with van der Waals surface area (Å²) in [7, 11) is 1.56. The van der Waals surface area contributed by atoms with E-state index in [1.807, 2.05) is 24.3 Å². The highest BCUT2D eigenvalue weighted by atomic mass is 35.5. The van der Waals surface area contributed by atoms with Gasteiger partial charge in [-0.05, 0) is 47.0 Å². The van der Waals surface area contributed by atoms with Crippen LogP contribution in [0.15, 0.2) is 60.8 Å². The van der Waals surface area contributed by atoms with Gasteiger partial charge in [-0.3, -0.25) is 0 Å². The molecule has 122 valence electrons. The van der Waals surface area contributed by atoms with E-state index in [0.29, 0.717) is 10.9 Å². The number of alkyl halides is 1. The number of ether oxygens (including phenoxy) is 1. The summed E-state index contributed by atoms with van der Waals surface area (Å²) in [6, 6.07) is 15.5. The van der Waals surface area contributed by atoms with E-state index in [1.165, 1.54) is 12.1 Å². The minimum Gasteiger partial charge on any atom is -0.481 e. The van der Waals surface area contributed by atoms with E-state index in [4.69, 9.17) is 27.9 Å². The summed E-state index contributed by atoms with van der Waals surface area (Å²) in [6.07, 6.45) is 1.66. The predicted molar refractivity (Wildman–Crippen MR) is 95.3 cm³/mol. The lowest BCUT2D eigenvalue weighted by Crippen LogP contribution is -1.98. The van der Waals surface area contributed by atoms with Gasteiger partial charge in [-0.25, -0.2) is 9.37 Å². The highest BCUT2D eigenvalue weighted by Gasteiger charge is 2.16. The Kier molecular flexibility index (Phi) is 5.03. The van der Waals surface area contributed by atoms with Crippen LogP contribution in [0.4, 0.5) is 4.39 Å². The molecule has 1 aromatic heterocycles. The molecule has 0 saturated carbocycles. The third-order valence-electron chi connectivity index (χ3n) is 3.66. The Labute approximate surface area is 149 Å². The minimum absolute atomic E-state index is 0.296. The lowest BCUT2D eigenvalue weighted by molar-refractivity contribution is 0.399. The summed E-state index contributed by atoms with van der Waals surface area (Å²) in [5, 5.41) is 0.183. The zero-order valence-corrected chi connectivity index (χ0v) is 14.4. The Morgan fingerprint density at radius 1 is 1.04 bits per heavy atom. The second kappa shape index (κ2) is 7.20. The quantitative estimate of drug-likeness (QED) is 0.541. The normalized spacial score (nSPS) is 12.0. The van der Waals surface area contributed by atoms with Gasteiger partial charge in [0.05, 0.1) is 12.5 Å². The molecule has 3 aromatic rings. The summed E-state index contributed by atoms with van der Waals surface area (Å²) in [5.74, 6) is 0.194. The lowest BCUT2D eigenvalue weighted by Gasteiger charge is -2.14. The second-order valence-electron chi connectivity index (χ2n) is 5.25. The molecule has 2 aromatic carbocycles. The average Bonchev–Trinajstić information content (AvgIpc) is 2.61. The van der Waals surface area contributed by atoms with Gasteiger partial charge >= 0.3 is 0 Å². The number of aromatic nitrogens is 1. The van der Waals surface area contributed by atoms with Gasteiger partial charge in [0.25, 0.3) is 0 Å². The number of halogens is 3. The van der Waals surface area contributed by atoms with Gasteiger partial charge in [0, 0.05) is 16.8 Å². The molecule has 0 radical (unpaired) electrons. The fraction of sp³-hybridized carbons (Fsp3) is 0.105. The molecule has 0 fully saturated rings. The summed E-state index contributed by atoms with van der Waals surface area (Å²) in [4.78, 5) is 4.34. The molecule has 0 aliphatic carbocycles. The highest BCUT2D eigenvalue weighted by Crippen LogP contribution is 2.35. The van der Waals surface area contributed by atoms with E-state index < -0.39 is 5.38 Å². The Morgan fingerprint density at radius 2 is 1.79 bits per heavy atom. The molecule has 0 saturated heterocycles. The summed E-state index contributed by atoms with van der Waals surface area (Å²) in [5.41, 5.74) is 3.27. The van der Waals surface area contributed by atoms with E-state index in [-0.39, 0.29) is 5.82 Å². The van der Waals surface area contributed by atoms with Gasteiger partial charge in [0.1, 0.15) is 5.82 Å². The standard InChI is InChI=1S/C19H14Cl2FNO/c1-24-19-17(13-3-2-4-15(20)9-13)10-14(11-23-19)18(21)12-5-7-16(22)8-6-12/h2-11,18H,1H3. The molecule has 1 atom stereocenters. The van der Waals surface area contributed by atoms with Crippen LogP contribution in [0.2, 0.25) is 5.02 Å². The number of pyridine rings is 1. The second-order valence-corrected chi connectivity index (χ2v) is 6.12. The van der Waals surface area contributed by atoms with Crippen LogP contribution in [0.3, 0.4) is 0 Å². The molecule has 0 aliphatic rings. The van der Waals surface area contributed by atoms with Crippen molar-refractivity contribution in [1.82, 2.24) is 4.98 Å². The SMILES string of the molecule is COc1ncc(C(Cl)c2ccc(F)cc2)cc1-c1cccc(Cl)c1. The van der Waals surface area contributed by atoms with Crippen LogP contribution in [0, 0.1) is 5.82 Å². The van der Waals surface area contributed by atoms with Crippen LogP contribution in [0.1, 0.15) is 16.5 Å². The van der Waals surface area contributed by atoms with Crippen LogP contribution in [-0.4, -0.2) is 12.1 Å². The van der Waals surface area contributed by atoms with Crippen molar-refractivity contribution >= 4 is 23.2 Å². The topological polar surface area (TPSA) is 22.1 Å². The molecule has 1 heterocycles. The van der Waals surface area contributed by atoms with Crippen molar-refractivity contribution in [1.29, 1.82) is 0 Å². The van der Waals surface area contributed by atoms with Crippen molar-refractivity contribution in [2.75, 3.05) is 7.11 Å². The van der Waals surface area contributed by atoms with Crippen molar-refractivity contribution in [2.45, 2.75) is 5.38 Å². The van der Waals surface area contributed by atoms with E-state index in [9.17, 15) is 4.39 Å². The van der Waals surface area contributed by atoms with E-state index in [0.717, 1.165) is 22.3 Å². The molecule has 2 nitrogen and oxygen atoms in total. The molecule has 5 heteroatoms. The van der Waals surface area contributed by atoms with Crippen molar-refractivity contribution in [2.24, 2.45) is 0 Å². The van der Waals surface area contributed by atoms with Crippen molar-refractivity contribution < 1.29 is 9.13 Å². The minimum atomic E-state index is -0.443. The molecular formula is C19H14Cl2FNO. The summed E-state index contributed by atoms with van der Waals surface area (Å²) in [6.45, 7) is 0. The molecule has 24 heavy (non-hydrogen) atoms. The van der Waals surface area contributed by atoms with Gasteiger partial charge in [-0.1, -0.05) is 35.9 Å². The van der Waals surface area contributed by atoms with E-state index >= 15 is 0 Å². The summed E-state index contributed by atoms with van der Waals surface area (Å²) >= 11 is 12.6. The first kappa shape index (κ1) is 16.7. The predicted octanol–water partition coefficient (Wildman–Crippen LogP) is 5.88. The number of hydrogen-bond donors (Lipinski definition) is 0. The largest absolute Gasteiger partial charge is 0.481 e. The van der Waals surface area contributed by atoms with Gasteiger partial charge in [0.2, 0.25) is 5.88 Å². The Bertz CT molecular complexity index is 852. The first-order chi connectivity index (χ1) is 11.6. The lowest BCUT2D eigenvalue weighted by atomic mass is 10.0. The molecule has 0 amide bonds. The van der Waals surface area contributed by atoms with Crippen LogP contribution >= 0.6 is 23.2 Å². The Morgan fingerprint density at radius 3 is 2.46 bits per heavy atom. The number of benzene rings is 2. The molecule has 0 aliphatic heterocycles. The summed E-state index contributed by atoms with van der Waals surface area (Å²) < 4.78 is 18.4. The maximum Gasteiger partial charge on any atom is 0.221 e. The van der Waals surface area contributed by atoms with Crippen LogP contribution < -0.4 is 4.74 Å². The Balaban J connectivity index is 2.04. The fourth-order valence-electron chi connectivity index (χ4n) is 2.46. The Hall–Kier alpha value is -2.10. The van der Waals surface area contributed by atoms with Crippen LogP contribution in [-0.2, 0) is 0 Å². The number of rotatable bonds is 4. The molecule has 0 N–H and O–H groups in total. The van der Waals surface area contributed by atoms with Gasteiger partial charge in [-0.15, -0.1) is 11.6 Å². The zero-order chi connectivity index (χ0) is 17.1. The third-order valence-corrected chi connectivity index (χ3v) is 4.40. The maximum absolute atomic E-state index is 13.1. The molecule has 1 unspecified atom stereocenters. The van der Waals surface area contributed by atoms with Crippen LogP contribution in [0.25, 0.3) is 11.1 Å². The van der Waals surface area contributed by atoms with Gasteiger partial charge in [0.15, 0.2) is 0 Å². The smallest absolute Gasteiger partial charge is 0.221 e. The molecule has 0 bridgehead atoms. The van der Waals surface area contributed by atoms with Crippen LogP contribution in [0.5, 0.6) is 5.88 Å². The van der Waals surface area contributed by atoms with Crippen molar-refractivity contribution in [3.8, 4) is 17.0 Å². The van der Waals surface area contributed by atoms with Crippen molar-refractivity contribution in [3.63, 3.8) is 0 Å². The molecular weight excluding hydrogens is 348 g/mol.